The van der Waals surface area contributed by atoms with Gasteiger partial charge in [0.25, 0.3) is 0 Å². The van der Waals surface area contributed by atoms with Gasteiger partial charge < -0.3 is 9.47 Å². The van der Waals surface area contributed by atoms with Crippen LogP contribution in [0.3, 0.4) is 0 Å². The molecular formula is C27H52O3. The lowest BCUT2D eigenvalue weighted by molar-refractivity contribution is 0.0279. The smallest absolute Gasteiger partial charge is 0.434 e. The molecule has 0 aliphatic rings. The van der Waals surface area contributed by atoms with Crippen LogP contribution >= 0.6 is 0 Å². The van der Waals surface area contributed by atoms with E-state index in [1.807, 2.05) is 13.8 Å². The Morgan fingerprint density at radius 2 is 1.23 bits per heavy atom. The number of rotatable bonds is 21. The molecule has 0 N–H and O–H groups in total. The summed E-state index contributed by atoms with van der Waals surface area (Å²) in [5, 5.41) is 0. The van der Waals surface area contributed by atoms with Crippen LogP contribution in [-0.2, 0) is 9.47 Å². The highest BCUT2D eigenvalue weighted by Gasteiger charge is 2.13. The molecule has 0 amide bonds. The zero-order valence-electron chi connectivity index (χ0n) is 20.8. The number of allylic oxidation sites excluding steroid dienone is 1. The van der Waals surface area contributed by atoms with Crippen LogP contribution in [0.1, 0.15) is 137 Å². The molecule has 0 radical (unpaired) electrons. The topological polar surface area (TPSA) is 35.5 Å². The van der Waals surface area contributed by atoms with Crippen LogP contribution in [-0.4, -0.2) is 18.9 Å². The minimum Gasteiger partial charge on any atom is -0.434 e. The molecule has 0 rings (SSSR count). The third kappa shape index (κ3) is 21.7. The second-order valence-electron chi connectivity index (χ2n) is 9.21. The molecule has 1 atom stereocenters. The maximum atomic E-state index is 12.0. The Morgan fingerprint density at radius 1 is 0.733 bits per heavy atom. The third-order valence-electron chi connectivity index (χ3n) is 5.45. The van der Waals surface area contributed by atoms with Crippen molar-refractivity contribution < 1.29 is 14.3 Å². The second kappa shape index (κ2) is 22.7. The highest BCUT2D eigenvalue weighted by Crippen LogP contribution is 2.15. The van der Waals surface area contributed by atoms with E-state index in [9.17, 15) is 4.79 Å². The lowest BCUT2D eigenvalue weighted by Gasteiger charge is -2.15. The Morgan fingerprint density at radius 3 is 1.77 bits per heavy atom. The van der Waals surface area contributed by atoms with Crippen LogP contribution in [0.4, 0.5) is 4.79 Å². The van der Waals surface area contributed by atoms with Crippen molar-refractivity contribution in [2.75, 3.05) is 6.61 Å². The Bertz CT molecular complexity index is 390. The number of unbranched alkanes of at least 4 members (excludes halogenated alkanes) is 14. The van der Waals surface area contributed by atoms with E-state index in [2.05, 4.69) is 26.0 Å². The normalized spacial score (nSPS) is 12.6. The molecule has 0 saturated carbocycles. The first-order valence-corrected chi connectivity index (χ1v) is 13.1. The van der Waals surface area contributed by atoms with Crippen molar-refractivity contribution in [3.63, 3.8) is 0 Å². The van der Waals surface area contributed by atoms with Crippen LogP contribution in [0.2, 0.25) is 0 Å². The lowest BCUT2D eigenvalue weighted by Crippen LogP contribution is -2.19. The molecule has 0 saturated heterocycles. The largest absolute Gasteiger partial charge is 0.508 e. The molecule has 0 aromatic heterocycles. The summed E-state index contributed by atoms with van der Waals surface area (Å²) in [4.78, 5) is 12.0. The van der Waals surface area contributed by atoms with Crippen molar-refractivity contribution in [1.29, 1.82) is 0 Å². The average molecular weight is 425 g/mol. The minimum atomic E-state index is -0.520. The Kier molecular flexibility index (Phi) is 21.9. The predicted octanol–water partition coefficient (Wildman–Crippen LogP) is 9.39. The highest BCUT2D eigenvalue weighted by molar-refractivity contribution is 5.60. The van der Waals surface area contributed by atoms with Crippen molar-refractivity contribution in [3.05, 3.63) is 12.2 Å². The molecule has 3 heteroatoms. The quantitative estimate of drug-likeness (QED) is 0.105. The van der Waals surface area contributed by atoms with Gasteiger partial charge in [0.1, 0.15) is 6.10 Å². The van der Waals surface area contributed by atoms with E-state index in [-0.39, 0.29) is 6.10 Å². The molecule has 0 aromatic rings. The summed E-state index contributed by atoms with van der Waals surface area (Å²) in [6.07, 6.45) is 25.2. The van der Waals surface area contributed by atoms with Crippen molar-refractivity contribution in [2.24, 2.45) is 5.92 Å². The van der Waals surface area contributed by atoms with E-state index in [1.54, 1.807) is 0 Å². The van der Waals surface area contributed by atoms with Gasteiger partial charge in [-0.25, -0.2) is 4.79 Å². The van der Waals surface area contributed by atoms with Crippen LogP contribution in [0, 0.1) is 5.92 Å². The van der Waals surface area contributed by atoms with E-state index in [1.165, 1.54) is 89.9 Å². The average Bonchev–Trinajstić information content (AvgIpc) is 2.72. The van der Waals surface area contributed by atoms with E-state index in [0.717, 1.165) is 19.3 Å². The molecule has 0 aliphatic carbocycles. The van der Waals surface area contributed by atoms with Gasteiger partial charge >= 0.3 is 6.16 Å². The molecule has 0 bridgehead atoms. The maximum Gasteiger partial charge on any atom is 0.508 e. The van der Waals surface area contributed by atoms with Gasteiger partial charge in [-0.15, -0.1) is 0 Å². The Labute approximate surface area is 188 Å². The number of hydrogen-bond acceptors (Lipinski definition) is 3. The zero-order chi connectivity index (χ0) is 22.3. The van der Waals surface area contributed by atoms with Gasteiger partial charge in [0.15, 0.2) is 0 Å². The SMILES string of the molecule is CCCCCCCC/C=C/C(CCCCCCCCCCC)OC(=O)OCC(C)C. The van der Waals surface area contributed by atoms with Crippen molar-refractivity contribution >= 4 is 6.16 Å². The molecular weight excluding hydrogens is 372 g/mol. The summed E-state index contributed by atoms with van der Waals surface area (Å²) in [5.74, 6) is 0.330. The number of carbonyl (C=O) groups excluding carboxylic acids is 1. The summed E-state index contributed by atoms with van der Waals surface area (Å²) in [6.45, 7) is 9.01. The summed E-state index contributed by atoms with van der Waals surface area (Å²) in [7, 11) is 0. The van der Waals surface area contributed by atoms with Crippen LogP contribution < -0.4 is 0 Å². The summed E-state index contributed by atoms with van der Waals surface area (Å²) in [6, 6.07) is 0. The first-order chi connectivity index (χ1) is 14.6. The Hall–Kier alpha value is -0.990. The van der Waals surface area contributed by atoms with Gasteiger partial charge in [0.05, 0.1) is 6.61 Å². The fourth-order valence-corrected chi connectivity index (χ4v) is 3.53. The molecule has 0 fully saturated rings. The lowest BCUT2D eigenvalue weighted by atomic mass is 10.0. The standard InChI is InChI=1S/C27H52O3/c1-5-7-9-11-13-15-17-19-21-23-26(30-27(28)29-24-25(3)4)22-20-18-16-14-12-10-8-6-2/h20,22,25-26H,5-19,21,23-24H2,1-4H3/b22-20+. The number of carbonyl (C=O) groups is 1. The van der Waals surface area contributed by atoms with Crippen LogP contribution in [0.25, 0.3) is 0 Å². The molecule has 30 heavy (non-hydrogen) atoms. The zero-order valence-corrected chi connectivity index (χ0v) is 20.8. The molecule has 178 valence electrons. The van der Waals surface area contributed by atoms with Gasteiger partial charge in [-0.1, -0.05) is 117 Å². The predicted molar refractivity (Wildman–Crippen MR) is 130 cm³/mol. The van der Waals surface area contributed by atoms with E-state index in [0.29, 0.717) is 12.5 Å². The first-order valence-electron chi connectivity index (χ1n) is 13.1. The number of ether oxygens (including phenoxy) is 2. The molecule has 1 unspecified atom stereocenters. The summed E-state index contributed by atoms with van der Waals surface area (Å²) >= 11 is 0. The fourth-order valence-electron chi connectivity index (χ4n) is 3.53. The van der Waals surface area contributed by atoms with Crippen molar-refractivity contribution in [2.45, 2.75) is 143 Å². The fraction of sp³-hybridized carbons (Fsp3) is 0.889. The third-order valence-corrected chi connectivity index (χ3v) is 5.45. The highest BCUT2D eigenvalue weighted by atomic mass is 16.7. The van der Waals surface area contributed by atoms with E-state index in [4.69, 9.17) is 9.47 Å². The van der Waals surface area contributed by atoms with E-state index >= 15 is 0 Å². The molecule has 0 aliphatic heterocycles. The van der Waals surface area contributed by atoms with Gasteiger partial charge in [0, 0.05) is 0 Å². The summed E-state index contributed by atoms with van der Waals surface area (Å²) < 4.78 is 10.8. The van der Waals surface area contributed by atoms with Gasteiger partial charge in [0.2, 0.25) is 0 Å². The molecule has 3 nitrogen and oxygen atoms in total. The minimum absolute atomic E-state index is 0.144. The Balaban J connectivity index is 4.09. The van der Waals surface area contributed by atoms with Gasteiger partial charge in [-0.05, 0) is 37.7 Å². The van der Waals surface area contributed by atoms with E-state index < -0.39 is 6.16 Å². The van der Waals surface area contributed by atoms with Crippen LogP contribution in [0.5, 0.6) is 0 Å². The molecule has 0 heterocycles. The van der Waals surface area contributed by atoms with Gasteiger partial charge in [-0.3, -0.25) is 0 Å². The number of hydrogen-bond donors (Lipinski definition) is 0. The van der Waals surface area contributed by atoms with Crippen LogP contribution in [0.15, 0.2) is 12.2 Å². The van der Waals surface area contributed by atoms with Crippen molar-refractivity contribution in [1.82, 2.24) is 0 Å². The first kappa shape index (κ1) is 29.0. The molecule has 0 aromatic carbocycles. The van der Waals surface area contributed by atoms with Gasteiger partial charge in [-0.2, -0.15) is 0 Å². The molecule has 0 spiro atoms. The van der Waals surface area contributed by atoms with Crippen molar-refractivity contribution in [3.8, 4) is 0 Å². The monoisotopic (exact) mass is 424 g/mol. The second-order valence-corrected chi connectivity index (χ2v) is 9.21. The maximum absolute atomic E-state index is 12.0. The summed E-state index contributed by atoms with van der Waals surface area (Å²) in [5.41, 5.74) is 0.